The van der Waals surface area contributed by atoms with Crippen LogP contribution in [0.1, 0.15) is 5.69 Å². The number of pyridine rings is 1. The third-order valence-corrected chi connectivity index (χ3v) is 2.48. The van der Waals surface area contributed by atoms with Crippen molar-refractivity contribution < 1.29 is 0 Å². The van der Waals surface area contributed by atoms with E-state index in [4.69, 9.17) is 5.73 Å². The number of hydrogen-bond donors (Lipinski definition) is 1. The summed E-state index contributed by atoms with van der Waals surface area (Å²) >= 11 is 0. The molecule has 0 radical (unpaired) electrons. The first kappa shape index (κ1) is 9.71. The van der Waals surface area contributed by atoms with Gasteiger partial charge in [-0.25, -0.2) is 9.97 Å². The first-order valence-corrected chi connectivity index (χ1v) is 5.13. The van der Waals surface area contributed by atoms with Crippen LogP contribution in [0, 0.1) is 6.92 Å². The second-order valence-electron chi connectivity index (χ2n) is 3.75. The van der Waals surface area contributed by atoms with Crippen LogP contribution in [0.5, 0.6) is 0 Å². The summed E-state index contributed by atoms with van der Waals surface area (Å²) in [5.74, 6) is 1.19. The Morgan fingerprint density at radius 1 is 1.18 bits per heavy atom. The topological polar surface area (TPSA) is 82.0 Å². The second kappa shape index (κ2) is 3.51. The third-order valence-electron chi connectivity index (χ3n) is 2.48. The molecule has 0 spiro atoms. The van der Waals surface area contributed by atoms with E-state index >= 15 is 0 Å². The molecule has 6 nitrogen and oxygen atoms in total. The average Bonchev–Trinajstić information content (AvgIpc) is 2.73. The van der Waals surface area contributed by atoms with Crippen molar-refractivity contribution in [3.8, 4) is 11.4 Å². The van der Waals surface area contributed by atoms with Crippen molar-refractivity contribution in [2.24, 2.45) is 0 Å². The number of nitrogens with two attached hydrogens (primary N) is 1. The minimum absolute atomic E-state index is 0.483. The Morgan fingerprint density at radius 2 is 2.06 bits per heavy atom. The molecular weight excluding hydrogens is 216 g/mol. The van der Waals surface area contributed by atoms with Gasteiger partial charge >= 0.3 is 0 Å². The van der Waals surface area contributed by atoms with Gasteiger partial charge in [0.05, 0.1) is 0 Å². The van der Waals surface area contributed by atoms with Gasteiger partial charge in [-0.3, -0.25) is 4.40 Å². The summed E-state index contributed by atoms with van der Waals surface area (Å²) in [6, 6.07) is 5.47. The van der Waals surface area contributed by atoms with Gasteiger partial charge in [0, 0.05) is 23.5 Å². The Labute approximate surface area is 97.2 Å². The Bertz CT molecular complexity index is 670. The van der Waals surface area contributed by atoms with Crippen molar-refractivity contribution in [3.05, 3.63) is 36.4 Å². The van der Waals surface area contributed by atoms with Crippen LogP contribution < -0.4 is 5.73 Å². The minimum atomic E-state index is 0.483. The summed E-state index contributed by atoms with van der Waals surface area (Å²) in [6.45, 7) is 1.92. The van der Waals surface area contributed by atoms with Crippen LogP contribution in [-0.4, -0.2) is 24.6 Å². The van der Waals surface area contributed by atoms with Gasteiger partial charge in [0.15, 0.2) is 11.5 Å². The van der Waals surface area contributed by atoms with E-state index in [1.165, 1.54) is 0 Å². The molecule has 0 amide bonds. The highest BCUT2D eigenvalue weighted by atomic mass is 15.3. The number of nitrogen functional groups attached to an aromatic ring is 1. The standard InChI is InChI=1S/C11H10N6/c1-7-4-10-15-16-11(17(10)6-14-7)8-2-3-9(12)13-5-8/h2-6H,1H3,(H2,12,13). The molecule has 0 aliphatic carbocycles. The Kier molecular flexibility index (Phi) is 2.01. The van der Waals surface area contributed by atoms with Crippen LogP contribution in [0.2, 0.25) is 0 Å². The maximum atomic E-state index is 5.55. The molecule has 0 saturated heterocycles. The molecule has 3 aromatic rings. The van der Waals surface area contributed by atoms with Gasteiger partial charge in [-0.2, -0.15) is 0 Å². The van der Waals surface area contributed by atoms with Crippen LogP contribution in [-0.2, 0) is 0 Å². The summed E-state index contributed by atoms with van der Waals surface area (Å²) in [6.07, 6.45) is 3.38. The molecule has 3 rings (SSSR count). The summed E-state index contributed by atoms with van der Waals surface area (Å²) in [5.41, 5.74) is 8.08. The van der Waals surface area contributed by atoms with Crippen LogP contribution in [0.3, 0.4) is 0 Å². The van der Waals surface area contributed by atoms with E-state index in [0.29, 0.717) is 11.6 Å². The van der Waals surface area contributed by atoms with Gasteiger partial charge in [-0.05, 0) is 19.1 Å². The van der Waals surface area contributed by atoms with Gasteiger partial charge in [0.25, 0.3) is 0 Å². The van der Waals surface area contributed by atoms with Crippen molar-refractivity contribution in [1.29, 1.82) is 0 Å². The van der Waals surface area contributed by atoms with Crippen LogP contribution in [0.15, 0.2) is 30.7 Å². The van der Waals surface area contributed by atoms with Crippen LogP contribution in [0.25, 0.3) is 17.0 Å². The Balaban J connectivity index is 2.21. The number of rotatable bonds is 1. The Morgan fingerprint density at radius 3 is 2.82 bits per heavy atom. The van der Waals surface area contributed by atoms with Gasteiger partial charge in [0.1, 0.15) is 12.1 Å². The molecule has 0 unspecified atom stereocenters. The lowest BCUT2D eigenvalue weighted by Crippen LogP contribution is -1.94. The second-order valence-corrected chi connectivity index (χ2v) is 3.75. The fourth-order valence-electron chi connectivity index (χ4n) is 1.62. The number of aromatic nitrogens is 5. The SMILES string of the molecule is Cc1cc2nnc(-c3ccc(N)nc3)n2cn1. The minimum Gasteiger partial charge on any atom is -0.384 e. The molecule has 0 aliphatic rings. The van der Waals surface area contributed by atoms with E-state index in [1.54, 1.807) is 18.6 Å². The van der Waals surface area contributed by atoms with E-state index in [9.17, 15) is 0 Å². The maximum absolute atomic E-state index is 5.55. The highest BCUT2D eigenvalue weighted by Crippen LogP contribution is 2.17. The normalized spacial score (nSPS) is 10.9. The molecule has 2 N–H and O–H groups in total. The molecular formula is C11H10N6. The molecule has 3 aromatic heterocycles. The molecule has 84 valence electrons. The lowest BCUT2D eigenvalue weighted by atomic mass is 10.2. The maximum Gasteiger partial charge on any atom is 0.171 e. The largest absolute Gasteiger partial charge is 0.384 e. The zero-order valence-corrected chi connectivity index (χ0v) is 9.20. The lowest BCUT2D eigenvalue weighted by Gasteiger charge is -1.99. The smallest absolute Gasteiger partial charge is 0.171 e. The molecule has 6 heteroatoms. The molecule has 0 fully saturated rings. The number of fused-ring (bicyclic) bond motifs is 1. The summed E-state index contributed by atoms with van der Waals surface area (Å²) in [7, 11) is 0. The van der Waals surface area contributed by atoms with Crippen molar-refractivity contribution in [2.45, 2.75) is 6.92 Å². The van der Waals surface area contributed by atoms with E-state index in [1.807, 2.05) is 23.5 Å². The highest BCUT2D eigenvalue weighted by Gasteiger charge is 2.08. The quantitative estimate of drug-likeness (QED) is 0.671. The van der Waals surface area contributed by atoms with Gasteiger partial charge in [0.2, 0.25) is 0 Å². The molecule has 3 heterocycles. The van der Waals surface area contributed by atoms with Gasteiger partial charge in [-0.15, -0.1) is 10.2 Å². The highest BCUT2D eigenvalue weighted by molar-refractivity contribution is 5.59. The molecule has 0 saturated carbocycles. The first-order valence-electron chi connectivity index (χ1n) is 5.13. The van der Waals surface area contributed by atoms with Crippen molar-refractivity contribution in [1.82, 2.24) is 24.6 Å². The van der Waals surface area contributed by atoms with E-state index in [2.05, 4.69) is 20.2 Å². The average molecular weight is 226 g/mol. The van der Waals surface area contributed by atoms with Crippen molar-refractivity contribution >= 4 is 11.5 Å². The Hall–Kier alpha value is -2.50. The molecule has 17 heavy (non-hydrogen) atoms. The number of hydrogen-bond acceptors (Lipinski definition) is 5. The zero-order valence-electron chi connectivity index (χ0n) is 9.20. The predicted molar refractivity (Wildman–Crippen MR) is 63.2 cm³/mol. The fraction of sp³-hybridized carbons (Fsp3) is 0.0909. The van der Waals surface area contributed by atoms with E-state index in [0.717, 1.165) is 16.9 Å². The predicted octanol–water partition coefficient (Wildman–Crippen LogP) is 1.08. The molecule has 0 atom stereocenters. The summed E-state index contributed by atoms with van der Waals surface area (Å²) < 4.78 is 1.82. The van der Waals surface area contributed by atoms with Crippen molar-refractivity contribution in [2.75, 3.05) is 5.73 Å². The monoisotopic (exact) mass is 226 g/mol. The lowest BCUT2D eigenvalue weighted by molar-refractivity contribution is 1.04. The third kappa shape index (κ3) is 1.59. The number of anilines is 1. The van der Waals surface area contributed by atoms with Crippen LogP contribution in [0.4, 0.5) is 5.82 Å². The summed E-state index contributed by atoms with van der Waals surface area (Å²) in [5, 5.41) is 8.22. The summed E-state index contributed by atoms with van der Waals surface area (Å²) in [4.78, 5) is 8.26. The molecule has 0 aliphatic heterocycles. The molecule has 0 bridgehead atoms. The van der Waals surface area contributed by atoms with Gasteiger partial charge in [-0.1, -0.05) is 0 Å². The van der Waals surface area contributed by atoms with E-state index < -0.39 is 0 Å². The van der Waals surface area contributed by atoms with Crippen molar-refractivity contribution in [3.63, 3.8) is 0 Å². The fourth-order valence-corrected chi connectivity index (χ4v) is 1.62. The number of nitrogens with zero attached hydrogens (tertiary/aromatic N) is 5. The van der Waals surface area contributed by atoms with E-state index in [-0.39, 0.29) is 0 Å². The first-order chi connectivity index (χ1) is 8.24. The van der Waals surface area contributed by atoms with Crippen LogP contribution >= 0.6 is 0 Å². The molecule has 0 aromatic carbocycles. The van der Waals surface area contributed by atoms with Gasteiger partial charge < -0.3 is 5.73 Å². The number of aryl methyl sites for hydroxylation is 1. The zero-order chi connectivity index (χ0) is 11.8.